The number of hydrogen-bond donors (Lipinski definition) is 2. The number of aryl methyl sites for hydroxylation is 1. The molecule has 4 nitrogen and oxygen atoms in total. The molecule has 0 bridgehead atoms. The number of likely N-dealkylation sites (N-methyl/N-ethyl adjacent to an activating group) is 1. The number of anilines is 1. The van der Waals surface area contributed by atoms with Crippen LogP contribution in [0.25, 0.3) is 0 Å². The van der Waals surface area contributed by atoms with Crippen molar-refractivity contribution in [1.29, 1.82) is 0 Å². The van der Waals surface area contributed by atoms with Gasteiger partial charge in [0.25, 0.3) is 0 Å². The van der Waals surface area contributed by atoms with Gasteiger partial charge in [-0.25, -0.2) is 9.37 Å². The van der Waals surface area contributed by atoms with E-state index in [1.807, 2.05) is 38.3 Å². The number of allylic oxidation sites excluding steroid dienone is 3. The molecule has 1 amide bonds. The maximum absolute atomic E-state index is 13.3. The second kappa shape index (κ2) is 9.90. The van der Waals surface area contributed by atoms with Gasteiger partial charge in [-0.15, -0.1) is 0 Å². The van der Waals surface area contributed by atoms with Crippen LogP contribution in [0.2, 0.25) is 0 Å². The quantitative estimate of drug-likeness (QED) is 0.722. The first-order valence-corrected chi connectivity index (χ1v) is 7.83. The summed E-state index contributed by atoms with van der Waals surface area (Å²) in [5.74, 6) is 0.393. The van der Waals surface area contributed by atoms with Crippen molar-refractivity contribution in [3.63, 3.8) is 0 Å². The summed E-state index contributed by atoms with van der Waals surface area (Å²) in [5, 5.41) is 5.78. The summed E-state index contributed by atoms with van der Waals surface area (Å²) >= 11 is 0. The van der Waals surface area contributed by atoms with Gasteiger partial charge in [0.05, 0.1) is 0 Å². The van der Waals surface area contributed by atoms with E-state index in [-0.39, 0.29) is 11.9 Å². The van der Waals surface area contributed by atoms with Crippen molar-refractivity contribution in [3.8, 4) is 0 Å². The lowest BCUT2D eigenvalue weighted by atomic mass is 10.0. The van der Waals surface area contributed by atoms with Gasteiger partial charge in [0.2, 0.25) is 5.91 Å². The van der Waals surface area contributed by atoms with Gasteiger partial charge in [0.15, 0.2) is 0 Å². The molecule has 23 heavy (non-hydrogen) atoms. The number of aromatic nitrogens is 1. The predicted octanol–water partition coefficient (Wildman–Crippen LogP) is 3.42. The Morgan fingerprint density at radius 1 is 1.43 bits per heavy atom. The van der Waals surface area contributed by atoms with Gasteiger partial charge in [-0.3, -0.25) is 4.79 Å². The summed E-state index contributed by atoms with van der Waals surface area (Å²) in [6.45, 7) is 5.01. The molecule has 1 heterocycles. The minimum atomic E-state index is -0.980. The number of pyridine rings is 1. The van der Waals surface area contributed by atoms with Crippen LogP contribution in [0.5, 0.6) is 0 Å². The fourth-order valence-electron chi connectivity index (χ4n) is 2.05. The second-order valence-electron chi connectivity index (χ2n) is 5.59. The highest BCUT2D eigenvalue weighted by atomic mass is 19.1. The Hall–Kier alpha value is -2.01. The second-order valence-corrected chi connectivity index (χ2v) is 5.59. The summed E-state index contributed by atoms with van der Waals surface area (Å²) in [6.07, 6.45) is 7.79. The third-order valence-corrected chi connectivity index (χ3v) is 3.33. The molecular formula is C18H26FN3O. The highest BCUT2D eigenvalue weighted by Gasteiger charge is 2.03. The number of carbonyl (C=O) groups excluding carboxylic acids is 1. The van der Waals surface area contributed by atoms with Crippen LogP contribution in [0.15, 0.2) is 42.1 Å². The maximum Gasteiger partial charge on any atom is 0.222 e. The zero-order valence-corrected chi connectivity index (χ0v) is 14.3. The lowest BCUT2D eigenvalue weighted by Gasteiger charge is -2.08. The summed E-state index contributed by atoms with van der Waals surface area (Å²) in [7, 11) is 1.89. The molecule has 0 aliphatic rings. The molecule has 126 valence electrons. The number of carbonyl (C=O) groups is 1. The number of amides is 1. The normalized spacial score (nSPS) is 14.7. The van der Waals surface area contributed by atoms with Crippen LogP contribution < -0.4 is 10.6 Å². The predicted molar refractivity (Wildman–Crippen MR) is 93.2 cm³/mol. The van der Waals surface area contributed by atoms with E-state index in [0.29, 0.717) is 5.82 Å². The van der Waals surface area contributed by atoms with Gasteiger partial charge < -0.3 is 10.6 Å². The fraction of sp³-hybridized carbons (Fsp3) is 0.444. The molecule has 1 aromatic heterocycles. The van der Waals surface area contributed by atoms with Crippen molar-refractivity contribution >= 4 is 11.7 Å². The van der Waals surface area contributed by atoms with Crippen molar-refractivity contribution in [2.24, 2.45) is 0 Å². The SMILES string of the molecule is CNC(C)/C=C\C(=C/C(C)F)CCc1ccnc(NC(C)=O)c1. The summed E-state index contributed by atoms with van der Waals surface area (Å²) in [5.41, 5.74) is 2.01. The summed E-state index contributed by atoms with van der Waals surface area (Å²) < 4.78 is 13.3. The summed E-state index contributed by atoms with van der Waals surface area (Å²) in [6, 6.07) is 3.99. The molecule has 0 saturated heterocycles. The molecule has 0 aliphatic carbocycles. The van der Waals surface area contributed by atoms with Crippen molar-refractivity contribution in [2.45, 2.75) is 45.8 Å². The third kappa shape index (κ3) is 8.26. The number of halogens is 1. The molecule has 0 fully saturated rings. The molecule has 0 aromatic carbocycles. The molecular weight excluding hydrogens is 293 g/mol. The Morgan fingerprint density at radius 2 is 2.17 bits per heavy atom. The molecule has 1 aromatic rings. The van der Waals surface area contributed by atoms with Gasteiger partial charge in [0, 0.05) is 19.2 Å². The van der Waals surface area contributed by atoms with E-state index in [2.05, 4.69) is 15.6 Å². The van der Waals surface area contributed by atoms with Crippen molar-refractivity contribution in [1.82, 2.24) is 10.3 Å². The van der Waals surface area contributed by atoms with E-state index in [1.54, 1.807) is 12.3 Å². The van der Waals surface area contributed by atoms with Crippen LogP contribution in [-0.2, 0) is 11.2 Å². The van der Waals surface area contributed by atoms with Crippen LogP contribution in [0, 0.1) is 0 Å². The first-order valence-electron chi connectivity index (χ1n) is 7.83. The number of nitrogens with zero attached hydrogens (tertiary/aromatic N) is 1. The minimum absolute atomic E-state index is 0.148. The Kier molecular flexibility index (Phi) is 8.19. The van der Waals surface area contributed by atoms with Crippen LogP contribution in [0.4, 0.5) is 10.2 Å². The standard InChI is InChI=1S/C18H26FN3O/c1-13(19)11-16(6-5-14(2)20-4)7-8-17-9-10-21-18(12-17)22-15(3)23/h5-6,9-14,20H,7-8H2,1-4H3,(H,21,22,23)/b6-5-,16-11+. The monoisotopic (exact) mass is 319 g/mol. The van der Waals surface area contributed by atoms with Gasteiger partial charge >= 0.3 is 0 Å². The molecule has 0 radical (unpaired) electrons. The van der Waals surface area contributed by atoms with Gasteiger partial charge in [-0.05, 0) is 63.1 Å². The van der Waals surface area contributed by atoms with E-state index in [4.69, 9.17) is 0 Å². The van der Waals surface area contributed by atoms with Crippen molar-refractivity contribution < 1.29 is 9.18 Å². The van der Waals surface area contributed by atoms with Gasteiger partial charge in [-0.1, -0.05) is 12.2 Å². The van der Waals surface area contributed by atoms with Crippen molar-refractivity contribution in [2.75, 3.05) is 12.4 Å². The Labute approximate surface area is 137 Å². The van der Waals surface area contributed by atoms with Gasteiger partial charge in [0.1, 0.15) is 12.0 Å². The smallest absolute Gasteiger partial charge is 0.222 e. The number of rotatable bonds is 8. The molecule has 2 atom stereocenters. The molecule has 5 heteroatoms. The topological polar surface area (TPSA) is 54.0 Å². The van der Waals surface area contributed by atoms with E-state index in [1.165, 1.54) is 13.8 Å². The average molecular weight is 319 g/mol. The van der Waals surface area contributed by atoms with E-state index in [0.717, 1.165) is 24.0 Å². The van der Waals surface area contributed by atoms with Crippen LogP contribution in [0.3, 0.4) is 0 Å². The van der Waals surface area contributed by atoms with Gasteiger partial charge in [-0.2, -0.15) is 0 Å². The van der Waals surface area contributed by atoms with Crippen LogP contribution in [0.1, 0.15) is 32.8 Å². The molecule has 0 aliphatic heterocycles. The van der Waals surface area contributed by atoms with E-state index >= 15 is 0 Å². The highest BCUT2D eigenvalue weighted by Crippen LogP contribution is 2.15. The van der Waals surface area contributed by atoms with Crippen molar-refractivity contribution in [3.05, 3.63) is 47.7 Å². The number of alkyl halides is 1. The maximum atomic E-state index is 13.3. The molecule has 0 saturated carbocycles. The lowest BCUT2D eigenvalue weighted by Crippen LogP contribution is -2.17. The highest BCUT2D eigenvalue weighted by molar-refractivity contribution is 5.87. The van der Waals surface area contributed by atoms with Crippen LogP contribution in [-0.4, -0.2) is 30.2 Å². The minimum Gasteiger partial charge on any atom is -0.314 e. The molecule has 1 rings (SSSR count). The Morgan fingerprint density at radius 3 is 2.78 bits per heavy atom. The first-order chi connectivity index (χ1) is 10.9. The average Bonchev–Trinajstić information content (AvgIpc) is 2.49. The number of hydrogen-bond acceptors (Lipinski definition) is 3. The molecule has 0 spiro atoms. The lowest BCUT2D eigenvalue weighted by molar-refractivity contribution is -0.114. The third-order valence-electron chi connectivity index (χ3n) is 3.33. The summed E-state index contributed by atoms with van der Waals surface area (Å²) in [4.78, 5) is 15.2. The largest absolute Gasteiger partial charge is 0.314 e. The Balaban J connectivity index is 2.74. The zero-order chi connectivity index (χ0) is 17.2. The zero-order valence-electron chi connectivity index (χ0n) is 14.3. The van der Waals surface area contributed by atoms with E-state index < -0.39 is 6.17 Å². The first kappa shape index (κ1) is 19.0. The van der Waals surface area contributed by atoms with Crippen LogP contribution >= 0.6 is 0 Å². The Bertz CT molecular complexity index is 567. The fourth-order valence-corrected chi connectivity index (χ4v) is 2.05. The van der Waals surface area contributed by atoms with E-state index in [9.17, 15) is 9.18 Å². The molecule has 2 N–H and O–H groups in total. The molecule has 2 unspecified atom stereocenters. The number of nitrogens with one attached hydrogen (secondary N) is 2.